The molecule has 0 fully saturated rings. The maximum Gasteiger partial charge on any atom is 0.163 e. The molecule has 0 saturated heterocycles. The highest BCUT2D eigenvalue weighted by molar-refractivity contribution is 6.30. The summed E-state index contributed by atoms with van der Waals surface area (Å²) in [7, 11) is 0. The van der Waals surface area contributed by atoms with Gasteiger partial charge in [-0.15, -0.1) is 0 Å². The summed E-state index contributed by atoms with van der Waals surface area (Å²) in [5.74, 6) is 1.50. The second-order valence-electron chi connectivity index (χ2n) is 4.52. The fourth-order valence-corrected chi connectivity index (χ4v) is 2.44. The van der Waals surface area contributed by atoms with E-state index in [1.807, 2.05) is 12.1 Å². The van der Waals surface area contributed by atoms with Crippen LogP contribution in [0.4, 0.5) is 0 Å². The van der Waals surface area contributed by atoms with Gasteiger partial charge in [-0.1, -0.05) is 11.6 Å². The molecule has 0 radical (unpaired) electrons. The van der Waals surface area contributed by atoms with Gasteiger partial charge >= 0.3 is 0 Å². The molecule has 0 amide bonds. The first kappa shape index (κ1) is 12.5. The molecule has 5 heteroatoms. The average molecular weight is 279 g/mol. The zero-order valence-corrected chi connectivity index (χ0v) is 11.2. The highest BCUT2D eigenvalue weighted by atomic mass is 35.5. The molecule has 4 nitrogen and oxygen atoms in total. The van der Waals surface area contributed by atoms with Gasteiger partial charge in [0.05, 0.1) is 5.52 Å². The fourth-order valence-electron chi connectivity index (χ4n) is 2.20. The van der Waals surface area contributed by atoms with Crippen LogP contribution in [-0.4, -0.2) is 24.7 Å². The Morgan fingerprint density at radius 2 is 1.89 bits per heavy atom. The number of rotatable bonds is 3. The van der Waals surface area contributed by atoms with Crippen molar-refractivity contribution in [3.63, 3.8) is 0 Å². The van der Waals surface area contributed by atoms with Crippen LogP contribution in [-0.2, 0) is 6.42 Å². The van der Waals surface area contributed by atoms with Gasteiger partial charge in [0.25, 0.3) is 0 Å². The van der Waals surface area contributed by atoms with E-state index in [1.54, 1.807) is 0 Å². The highest BCUT2D eigenvalue weighted by Gasteiger charge is 2.14. The SMILES string of the molecule is NCCCc1cc2cc3c(cc2nc1Cl)OCCO3. The van der Waals surface area contributed by atoms with Crippen molar-refractivity contribution in [1.29, 1.82) is 0 Å². The van der Waals surface area contributed by atoms with Crippen LogP contribution in [0, 0.1) is 0 Å². The van der Waals surface area contributed by atoms with E-state index in [2.05, 4.69) is 11.1 Å². The van der Waals surface area contributed by atoms with Crippen LogP contribution < -0.4 is 15.2 Å². The lowest BCUT2D eigenvalue weighted by Gasteiger charge is -2.19. The molecule has 0 spiro atoms. The predicted molar refractivity (Wildman–Crippen MR) is 75.1 cm³/mol. The lowest BCUT2D eigenvalue weighted by molar-refractivity contribution is 0.172. The predicted octanol–water partition coefficient (Wildman–Crippen LogP) is 2.55. The van der Waals surface area contributed by atoms with Crippen LogP contribution in [0.3, 0.4) is 0 Å². The second-order valence-corrected chi connectivity index (χ2v) is 4.88. The minimum absolute atomic E-state index is 0.539. The van der Waals surface area contributed by atoms with E-state index in [1.165, 1.54) is 0 Å². The topological polar surface area (TPSA) is 57.4 Å². The number of aromatic nitrogens is 1. The van der Waals surface area contributed by atoms with Crippen LogP contribution >= 0.6 is 11.6 Å². The number of hydrogen-bond acceptors (Lipinski definition) is 4. The number of halogens is 1. The minimum Gasteiger partial charge on any atom is -0.486 e. The largest absolute Gasteiger partial charge is 0.486 e. The van der Waals surface area contributed by atoms with Gasteiger partial charge in [0.2, 0.25) is 0 Å². The molecular weight excluding hydrogens is 264 g/mol. The number of nitrogens with zero attached hydrogens (tertiary/aromatic N) is 1. The van der Waals surface area contributed by atoms with Gasteiger partial charge in [0.15, 0.2) is 11.5 Å². The van der Waals surface area contributed by atoms with Gasteiger partial charge in [0, 0.05) is 11.5 Å². The summed E-state index contributed by atoms with van der Waals surface area (Å²) in [4.78, 5) is 4.43. The first-order valence-corrected chi connectivity index (χ1v) is 6.74. The number of benzene rings is 1. The Labute approximate surface area is 116 Å². The van der Waals surface area contributed by atoms with E-state index in [0.717, 1.165) is 40.8 Å². The number of nitrogens with two attached hydrogens (primary N) is 1. The Kier molecular flexibility index (Phi) is 3.44. The van der Waals surface area contributed by atoms with E-state index in [4.69, 9.17) is 26.8 Å². The Morgan fingerprint density at radius 1 is 1.16 bits per heavy atom. The van der Waals surface area contributed by atoms with Crippen LogP contribution in [0.1, 0.15) is 12.0 Å². The Morgan fingerprint density at radius 3 is 2.63 bits per heavy atom. The van der Waals surface area contributed by atoms with Crippen molar-refractivity contribution < 1.29 is 9.47 Å². The number of aryl methyl sites for hydroxylation is 1. The molecule has 0 atom stereocenters. The lowest BCUT2D eigenvalue weighted by atomic mass is 10.1. The molecule has 3 rings (SSSR count). The van der Waals surface area contributed by atoms with Crippen LogP contribution in [0.25, 0.3) is 10.9 Å². The first-order valence-electron chi connectivity index (χ1n) is 6.37. The Hall–Kier alpha value is -1.52. The van der Waals surface area contributed by atoms with Crippen LogP contribution in [0.15, 0.2) is 18.2 Å². The van der Waals surface area contributed by atoms with Crippen molar-refractivity contribution in [1.82, 2.24) is 4.98 Å². The molecule has 0 unspecified atom stereocenters. The molecule has 2 heterocycles. The van der Waals surface area contributed by atoms with Crippen molar-refractivity contribution in [3.05, 3.63) is 28.9 Å². The zero-order valence-electron chi connectivity index (χ0n) is 10.5. The molecule has 0 bridgehead atoms. The zero-order chi connectivity index (χ0) is 13.2. The van der Waals surface area contributed by atoms with Gasteiger partial charge in [-0.3, -0.25) is 0 Å². The third-order valence-corrected chi connectivity index (χ3v) is 3.48. The smallest absolute Gasteiger partial charge is 0.163 e. The summed E-state index contributed by atoms with van der Waals surface area (Å²) < 4.78 is 11.1. The number of fused-ring (bicyclic) bond motifs is 2. The second kappa shape index (κ2) is 5.23. The van der Waals surface area contributed by atoms with Gasteiger partial charge in [0.1, 0.15) is 18.4 Å². The van der Waals surface area contributed by atoms with E-state index < -0.39 is 0 Å². The van der Waals surface area contributed by atoms with Crippen molar-refractivity contribution in [2.45, 2.75) is 12.8 Å². The maximum absolute atomic E-state index is 6.20. The summed E-state index contributed by atoms with van der Waals surface area (Å²) in [5.41, 5.74) is 7.38. The van der Waals surface area contributed by atoms with Crippen molar-refractivity contribution in [2.24, 2.45) is 5.73 Å². The molecule has 0 saturated carbocycles. The number of ether oxygens (including phenoxy) is 2. The molecule has 2 aromatic rings. The lowest BCUT2D eigenvalue weighted by Crippen LogP contribution is -2.15. The van der Waals surface area contributed by atoms with Gasteiger partial charge in [-0.05, 0) is 37.1 Å². The standard InChI is InChI=1S/C14H15ClN2O2/c15-14-9(2-1-3-16)6-10-7-12-13(8-11(10)17-14)19-5-4-18-12/h6-8H,1-5,16H2. The maximum atomic E-state index is 6.20. The molecule has 1 aliphatic heterocycles. The Bertz CT molecular complexity index is 616. The monoisotopic (exact) mass is 278 g/mol. The average Bonchev–Trinajstić information content (AvgIpc) is 2.43. The molecule has 0 aliphatic carbocycles. The van der Waals surface area contributed by atoms with Gasteiger partial charge in [-0.2, -0.15) is 0 Å². The molecule has 100 valence electrons. The molecule has 1 aromatic carbocycles. The molecule has 19 heavy (non-hydrogen) atoms. The molecular formula is C14H15ClN2O2. The summed E-state index contributed by atoms with van der Waals surface area (Å²) >= 11 is 6.20. The normalized spacial score (nSPS) is 13.8. The highest BCUT2D eigenvalue weighted by Crippen LogP contribution is 2.35. The van der Waals surface area contributed by atoms with E-state index in [0.29, 0.717) is 24.9 Å². The Balaban J connectivity index is 2.06. The van der Waals surface area contributed by atoms with E-state index in [-0.39, 0.29) is 0 Å². The summed E-state index contributed by atoms with van der Waals surface area (Å²) in [6.45, 7) is 1.80. The van der Waals surface area contributed by atoms with E-state index in [9.17, 15) is 0 Å². The fraction of sp³-hybridized carbons (Fsp3) is 0.357. The van der Waals surface area contributed by atoms with Crippen molar-refractivity contribution in [2.75, 3.05) is 19.8 Å². The third kappa shape index (κ3) is 2.46. The summed E-state index contributed by atoms with van der Waals surface area (Å²) in [6.07, 6.45) is 1.74. The quantitative estimate of drug-likeness (QED) is 0.877. The molecule has 1 aromatic heterocycles. The van der Waals surface area contributed by atoms with Crippen LogP contribution in [0.2, 0.25) is 5.15 Å². The van der Waals surface area contributed by atoms with Gasteiger partial charge in [-0.25, -0.2) is 4.98 Å². The molecule has 1 aliphatic rings. The molecule has 2 N–H and O–H groups in total. The number of hydrogen-bond donors (Lipinski definition) is 1. The van der Waals surface area contributed by atoms with E-state index >= 15 is 0 Å². The number of pyridine rings is 1. The summed E-state index contributed by atoms with van der Waals surface area (Å²) in [6, 6.07) is 5.89. The third-order valence-electron chi connectivity index (χ3n) is 3.16. The van der Waals surface area contributed by atoms with Crippen LogP contribution in [0.5, 0.6) is 11.5 Å². The van der Waals surface area contributed by atoms with Gasteiger partial charge < -0.3 is 15.2 Å². The van der Waals surface area contributed by atoms with Crippen molar-refractivity contribution >= 4 is 22.5 Å². The van der Waals surface area contributed by atoms with Crippen molar-refractivity contribution in [3.8, 4) is 11.5 Å². The summed E-state index contributed by atoms with van der Waals surface area (Å²) in [5, 5.41) is 1.55. The first-order chi connectivity index (χ1) is 9.28. The minimum atomic E-state index is 0.539.